The number of aliphatic hydroxyl groups is 1. The summed E-state index contributed by atoms with van der Waals surface area (Å²) in [6, 6.07) is 7.92. The summed E-state index contributed by atoms with van der Waals surface area (Å²) in [5.41, 5.74) is 2.16. The van der Waals surface area contributed by atoms with Crippen LogP contribution in [0.1, 0.15) is 12.8 Å². The van der Waals surface area contributed by atoms with Crippen molar-refractivity contribution in [1.29, 1.82) is 0 Å². The molecular formula is C15H17ClN2O. The molecule has 1 N–H and O–H groups in total. The van der Waals surface area contributed by atoms with Crippen molar-refractivity contribution < 1.29 is 5.11 Å². The van der Waals surface area contributed by atoms with Gasteiger partial charge in [0.2, 0.25) is 0 Å². The fourth-order valence-corrected chi connectivity index (χ4v) is 2.90. The molecule has 1 aliphatic heterocycles. The molecule has 0 spiro atoms. The van der Waals surface area contributed by atoms with Crippen LogP contribution in [0.25, 0.3) is 10.9 Å². The van der Waals surface area contributed by atoms with Crippen LogP contribution in [0.2, 0.25) is 5.02 Å². The van der Waals surface area contributed by atoms with E-state index in [4.69, 9.17) is 11.6 Å². The molecule has 0 bridgehead atoms. The van der Waals surface area contributed by atoms with Crippen molar-refractivity contribution >= 4 is 28.2 Å². The highest BCUT2D eigenvalue weighted by Gasteiger charge is 2.20. The standard InChI is InChI=1S/C15H17ClN2O/c16-12-1-2-13-14(9-12)17-6-3-15(13)18-7-4-11(10-19)5-8-18/h1-3,6,9,11,19H,4-5,7-8,10H2. The lowest BCUT2D eigenvalue weighted by Crippen LogP contribution is -2.34. The number of fused-ring (bicyclic) bond motifs is 1. The van der Waals surface area contributed by atoms with Crippen molar-refractivity contribution in [2.24, 2.45) is 5.92 Å². The predicted molar refractivity (Wildman–Crippen MR) is 78.8 cm³/mol. The van der Waals surface area contributed by atoms with Gasteiger partial charge in [0, 0.05) is 42.0 Å². The number of aromatic nitrogens is 1. The van der Waals surface area contributed by atoms with Gasteiger partial charge in [0.1, 0.15) is 0 Å². The predicted octanol–water partition coefficient (Wildman–Crippen LogP) is 3.10. The minimum absolute atomic E-state index is 0.306. The van der Waals surface area contributed by atoms with E-state index >= 15 is 0 Å². The van der Waals surface area contributed by atoms with E-state index < -0.39 is 0 Å². The Morgan fingerprint density at radius 1 is 1.26 bits per heavy atom. The Labute approximate surface area is 117 Å². The first-order valence-corrected chi connectivity index (χ1v) is 7.06. The monoisotopic (exact) mass is 276 g/mol. The molecule has 19 heavy (non-hydrogen) atoms. The molecule has 0 saturated carbocycles. The second kappa shape index (κ2) is 5.35. The van der Waals surface area contributed by atoms with E-state index in [1.807, 2.05) is 24.4 Å². The van der Waals surface area contributed by atoms with Crippen LogP contribution >= 0.6 is 11.6 Å². The van der Waals surface area contributed by atoms with E-state index in [-0.39, 0.29) is 0 Å². The number of pyridine rings is 1. The van der Waals surface area contributed by atoms with E-state index in [0.29, 0.717) is 12.5 Å². The van der Waals surface area contributed by atoms with Crippen molar-refractivity contribution in [1.82, 2.24) is 4.98 Å². The lowest BCUT2D eigenvalue weighted by molar-refractivity contribution is 0.203. The molecular weight excluding hydrogens is 260 g/mol. The van der Waals surface area contributed by atoms with Gasteiger partial charge in [-0.15, -0.1) is 0 Å². The zero-order chi connectivity index (χ0) is 13.2. The largest absolute Gasteiger partial charge is 0.396 e. The zero-order valence-corrected chi connectivity index (χ0v) is 11.5. The van der Waals surface area contributed by atoms with Crippen molar-refractivity contribution in [2.45, 2.75) is 12.8 Å². The number of halogens is 1. The van der Waals surface area contributed by atoms with Gasteiger partial charge in [-0.1, -0.05) is 11.6 Å². The quantitative estimate of drug-likeness (QED) is 0.916. The van der Waals surface area contributed by atoms with Crippen LogP contribution in [0.15, 0.2) is 30.5 Å². The number of hydrogen-bond acceptors (Lipinski definition) is 3. The first kappa shape index (κ1) is 12.7. The maximum Gasteiger partial charge on any atom is 0.0737 e. The van der Waals surface area contributed by atoms with Crippen molar-refractivity contribution in [3.8, 4) is 0 Å². The molecule has 1 fully saturated rings. The van der Waals surface area contributed by atoms with Gasteiger partial charge >= 0.3 is 0 Å². The molecule has 1 saturated heterocycles. The van der Waals surface area contributed by atoms with Gasteiger partial charge in [-0.05, 0) is 43.0 Å². The van der Waals surface area contributed by atoms with Gasteiger partial charge in [-0.3, -0.25) is 4.98 Å². The van der Waals surface area contributed by atoms with Crippen molar-refractivity contribution in [2.75, 3.05) is 24.6 Å². The third-order valence-electron chi connectivity index (χ3n) is 3.90. The summed E-state index contributed by atoms with van der Waals surface area (Å²) in [6.45, 7) is 2.29. The van der Waals surface area contributed by atoms with Gasteiger partial charge in [0.05, 0.1) is 5.52 Å². The summed E-state index contributed by atoms with van der Waals surface area (Å²) >= 11 is 6.01. The Morgan fingerprint density at radius 2 is 2.05 bits per heavy atom. The van der Waals surface area contributed by atoms with Crippen LogP contribution in [-0.4, -0.2) is 29.8 Å². The molecule has 2 aromatic rings. The number of anilines is 1. The molecule has 0 unspecified atom stereocenters. The van der Waals surface area contributed by atoms with Crippen LogP contribution < -0.4 is 4.90 Å². The minimum atomic E-state index is 0.306. The lowest BCUT2D eigenvalue weighted by Gasteiger charge is -2.33. The number of hydrogen-bond donors (Lipinski definition) is 1. The molecule has 0 atom stereocenters. The summed E-state index contributed by atoms with van der Waals surface area (Å²) < 4.78 is 0. The van der Waals surface area contributed by atoms with Crippen LogP contribution in [-0.2, 0) is 0 Å². The van der Waals surface area contributed by atoms with E-state index in [2.05, 4.69) is 16.0 Å². The third kappa shape index (κ3) is 2.53. The van der Waals surface area contributed by atoms with Crippen molar-refractivity contribution in [3.63, 3.8) is 0 Å². The fourth-order valence-electron chi connectivity index (χ4n) is 2.74. The first-order chi connectivity index (χ1) is 9.28. The Morgan fingerprint density at radius 3 is 2.79 bits per heavy atom. The van der Waals surface area contributed by atoms with Gasteiger partial charge in [-0.2, -0.15) is 0 Å². The fraction of sp³-hybridized carbons (Fsp3) is 0.400. The Balaban J connectivity index is 1.93. The number of rotatable bonds is 2. The van der Waals surface area contributed by atoms with E-state index in [0.717, 1.165) is 41.9 Å². The smallest absolute Gasteiger partial charge is 0.0737 e. The Bertz CT molecular complexity index is 579. The highest BCUT2D eigenvalue weighted by Crippen LogP contribution is 2.30. The van der Waals surface area contributed by atoms with Crippen LogP contribution in [0.3, 0.4) is 0 Å². The molecule has 0 amide bonds. The lowest BCUT2D eigenvalue weighted by atomic mass is 9.97. The summed E-state index contributed by atoms with van der Waals surface area (Å²) in [6.07, 6.45) is 3.94. The molecule has 0 radical (unpaired) electrons. The van der Waals surface area contributed by atoms with Gasteiger partial charge in [-0.25, -0.2) is 0 Å². The molecule has 1 aliphatic rings. The second-order valence-corrected chi connectivity index (χ2v) is 5.54. The molecule has 0 aliphatic carbocycles. The van der Waals surface area contributed by atoms with Crippen LogP contribution in [0, 0.1) is 5.92 Å². The van der Waals surface area contributed by atoms with Crippen LogP contribution in [0.4, 0.5) is 5.69 Å². The topological polar surface area (TPSA) is 36.4 Å². The molecule has 1 aromatic heterocycles. The SMILES string of the molecule is OCC1CCN(c2ccnc3cc(Cl)ccc23)CC1. The molecule has 3 nitrogen and oxygen atoms in total. The highest BCUT2D eigenvalue weighted by atomic mass is 35.5. The molecule has 100 valence electrons. The average molecular weight is 277 g/mol. The molecule has 4 heteroatoms. The molecule has 3 rings (SSSR count). The molecule has 1 aromatic carbocycles. The maximum atomic E-state index is 9.21. The van der Waals surface area contributed by atoms with E-state index in [1.54, 1.807) is 0 Å². The number of aliphatic hydroxyl groups excluding tert-OH is 1. The average Bonchev–Trinajstić information content (AvgIpc) is 2.46. The number of benzene rings is 1. The maximum absolute atomic E-state index is 9.21. The summed E-state index contributed by atoms with van der Waals surface area (Å²) in [5, 5.41) is 11.1. The van der Waals surface area contributed by atoms with Gasteiger partial charge in [0.15, 0.2) is 0 Å². The minimum Gasteiger partial charge on any atom is -0.396 e. The summed E-state index contributed by atoms with van der Waals surface area (Å²) in [5.74, 6) is 0.457. The normalized spacial score (nSPS) is 17.1. The number of nitrogens with zero attached hydrogens (tertiary/aromatic N) is 2. The van der Waals surface area contributed by atoms with E-state index in [1.165, 1.54) is 5.69 Å². The van der Waals surface area contributed by atoms with Gasteiger partial charge in [0.25, 0.3) is 0 Å². The van der Waals surface area contributed by atoms with E-state index in [9.17, 15) is 5.11 Å². The number of piperidine rings is 1. The third-order valence-corrected chi connectivity index (χ3v) is 4.13. The zero-order valence-electron chi connectivity index (χ0n) is 10.7. The highest BCUT2D eigenvalue weighted by molar-refractivity contribution is 6.31. The molecule has 2 heterocycles. The first-order valence-electron chi connectivity index (χ1n) is 6.68. The Kier molecular flexibility index (Phi) is 3.58. The summed E-state index contributed by atoms with van der Waals surface area (Å²) in [7, 11) is 0. The Hall–Kier alpha value is -1.32. The van der Waals surface area contributed by atoms with Gasteiger partial charge < -0.3 is 10.0 Å². The van der Waals surface area contributed by atoms with Crippen LogP contribution in [0.5, 0.6) is 0 Å². The summed E-state index contributed by atoms with van der Waals surface area (Å²) in [4.78, 5) is 6.76. The van der Waals surface area contributed by atoms with Crippen molar-refractivity contribution in [3.05, 3.63) is 35.5 Å². The second-order valence-electron chi connectivity index (χ2n) is 5.10.